The fourth-order valence-electron chi connectivity index (χ4n) is 5.64. The molecule has 2 amide bonds. The Kier molecular flexibility index (Phi) is 12.1. The highest BCUT2D eigenvalue weighted by Crippen LogP contribution is 2.25. The van der Waals surface area contributed by atoms with Gasteiger partial charge in [0.2, 0.25) is 11.8 Å². The summed E-state index contributed by atoms with van der Waals surface area (Å²) in [5, 5.41) is 19.9. The third kappa shape index (κ3) is 10.1. The molecular weight excluding hydrogens is 598 g/mol. The molecule has 8 heteroatoms. The number of aliphatic hydroxyl groups excluding tert-OH is 1. The van der Waals surface area contributed by atoms with Gasteiger partial charge in [0.1, 0.15) is 5.82 Å². The van der Waals surface area contributed by atoms with Crippen molar-refractivity contribution in [2.45, 2.75) is 50.9 Å². The first-order chi connectivity index (χ1) is 23.3. The van der Waals surface area contributed by atoms with Crippen LogP contribution < -0.4 is 21.7 Å². The standard InChI is InChI=1S/C40H43N5O3/c1-28(42-27-36(46)35-19-20-37(41)43-26-35)21-31-9-8-10-32(22-31)23-38(47)44-24-29-15-17-30(18-16-29)25-45-40(48)39(33-11-4-2-5-12-33)34-13-6-3-7-14-34/h2-20,22,26,28,36,39,42,46H,21,23-25,27H2,1H3,(H2,41,43)(H,44,47)(H,45,48)/t28-,36+/m1/s1. The molecule has 1 aromatic heterocycles. The monoisotopic (exact) mass is 641 g/mol. The van der Waals surface area contributed by atoms with E-state index >= 15 is 0 Å². The van der Waals surface area contributed by atoms with Crippen LogP contribution in [0.4, 0.5) is 5.82 Å². The summed E-state index contributed by atoms with van der Waals surface area (Å²) in [7, 11) is 0. The van der Waals surface area contributed by atoms with Crippen LogP contribution in [0, 0.1) is 0 Å². The molecule has 5 aromatic rings. The van der Waals surface area contributed by atoms with Crippen molar-refractivity contribution in [2.24, 2.45) is 0 Å². The molecule has 48 heavy (non-hydrogen) atoms. The van der Waals surface area contributed by atoms with Gasteiger partial charge in [-0.1, -0.05) is 115 Å². The van der Waals surface area contributed by atoms with E-state index in [0.717, 1.165) is 39.8 Å². The number of hydrogen-bond acceptors (Lipinski definition) is 6. The van der Waals surface area contributed by atoms with Gasteiger partial charge in [-0.3, -0.25) is 9.59 Å². The number of hydrogen-bond donors (Lipinski definition) is 5. The fourth-order valence-corrected chi connectivity index (χ4v) is 5.64. The number of carbonyl (C=O) groups is 2. The topological polar surface area (TPSA) is 129 Å². The lowest BCUT2D eigenvalue weighted by atomic mass is 9.90. The summed E-state index contributed by atoms with van der Waals surface area (Å²) in [6.07, 6.45) is 1.96. The summed E-state index contributed by atoms with van der Waals surface area (Å²) in [6, 6.07) is 39.1. The summed E-state index contributed by atoms with van der Waals surface area (Å²) < 4.78 is 0. The highest BCUT2D eigenvalue weighted by atomic mass is 16.3. The number of aromatic nitrogens is 1. The first-order valence-corrected chi connectivity index (χ1v) is 16.3. The summed E-state index contributed by atoms with van der Waals surface area (Å²) in [5.74, 6) is -0.0706. The maximum absolute atomic E-state index is 13.3. The number of nitrogens with one attached hydrogen (secondary N) is 3. The number of aliphatic hydroxyl groups is 1. The Morgan fingerprint density at radius 2 is 1.31 bits per heavy atom. The van der Waals surface area contributed by atoms with E-state index < -0.39 is 6.10 Å². The number of amides is 2. The highest BCUT2D eigenvalue weighted by Gasteiger charge is 2.22. The van der Waals surface area contributed by atoms with Crippen LogP contribution in [-0.2, 0) is 35.5 Å². The van der Waals surface area contributed by atoms with Crippen LogP contribution in [0.15, 0.2) is 128 Å². The van der Waals surface area contributed by atoms with Crippen molar-refractivity contribution in [3.05, 3.63) is 166 Å². The molecule has 4 aromatic carbocycles. The van der Waals surface area contributed by atoms with Crippen LogP contribution in [-0.4, -0.2) is 34.5 Å². The van der Waals surface area contributed by atoms with Gasteiger partial charge >= 0.3 is 0 Å². The van der Waals surface area contributed by atoms with Crippen LogP contribution in [0.25, 0.3) is 0 Å². The number of pyridine rings is 1. The van der Waals surface area contributed by atoms with Gasteiger partial charge < -0.3 is 26.8 Å². The predicted octanol–water partition coefficient (Wildman–Crippen LogP) is 5.23. The Bertz CT molecular complexity index is 1710. The normalized spacial score (nSPS) is 12.3. The molecule has 8 nitrogen and oxygen atoms in total. The van der Waals surface area contributed by atoms with E-state index in [4.69, 9.17) is 5.73 Å². The van der Waals surface area contributed by atoms with Crippen molar-refractivity contribution < 1.29 is 14.7 Å². The minimum Gasteiger partial charge on any atom is -0.387 e. The molecule has 0 saturated carbocycles. The Hall–Kier alpha value is -5.31. The molecule has 246 valence electrons. The fraction of sp³-hybridized carbons (Fsp3) is 0.225. The largest absolute Gasteiger partial charge is 0.387 e. The summed E-state index contributed by atoms with van der Waals surface area (Å²) in [4.78, 5) is 30.1. The zero-order valence-corrected chi connectivity index (χ0v) is 27.2. The number of benzene rings is 4. The van der Waals surface area contributed by atoms with Gasteiger partial charge in [-0.05, 0) is 52.8 Å². The number of rotatable bonds is 15. The second kappa shape index (κ2) is 17.0. The van der Waals surface area contributed by atoms with E-state index in [9.17, 15) is 14.7 Å². The molecule has 6 N–H and O–H groups in total. The Labute approximate surface area is 282 Å². The molecule has 0 aliphatic heterocycles. The summed E-state index contributed by atoms with van der Waals surface area (Å²) in [5.41, 5.74) is 12.3. The number of carbonyl (C=O) groups excluding carboxylic acids is 2. The molecule has 0 fully saturated rings. The van der Waals surface area contributed by atoms with Crippen molar-refractivity contribution in [3.8, 4) is 0 Å². The maximum atomic E-state index is 13.3. The molecule has 0 aliphatic rings. The lowest BCUT2D eigenvalue weighted by Crippen LogP contribution is -2.32. The van der Waals surface area contributed by atoms with Gasteiger partial charge in [0, 0.05) is 37.4 Å². The van der Waals surface area contributed by atoms with E-state index in [2.05, 4.69) is 33.9 Å². The van der Waals surface area contributed by atoms with Crippen molar-refractivity contribution in [3.63, 3.8) is 0 Å². The molecule has 2 atom stereocenters. The van der Waals surface area contributed by atoms with Crippen molar-refractivity contribution in [1.82, 2.24) is 20.9 Å². The van der Waals surface area contributed by atoms with Crippen LogP contribution in [0.2, 0.25) is 0 Å². The van der Waals surface area contributed by atoms with Gasteiger partial charge in [-0.15, -0.1) is 0 Å². The van der Waals surface area contributed by atoms with Crippen molar-refractivity contribution in [2.75, 3.05) is 12.3 Å². The predicted molar refractivity (Wildman–Crippen MR) is 190 cm³/mol. The average molecular weight is 642 g/mol. The SMILES string of the molecule is C[C@H](Cc1cccc(CC(=O)NCc2ccc(CNC(=O)C(c3ccccc3)c3ccccc3)cc2)c1)NC[C@H](O)c1ccc(N)nc1. The molecule has 5 rings (SSSR count). The van der Waals surface area contributed by atoms with E-state index in [-0.39, 0.29) is 30.2 Å². The zero-order chi connectivity index (χ0) is 33.7. The van der Waals surface area contributed by atoms with Gasteiger partial charge in [0.05, 0.1) is 18.4 Å². The quantitative estimate of drug-likeness (QED) is 0.107. The molecule has 0 saturated heterocycles. The van der Waals surface area contributed by atoms with Crippen LogP contribution >= 0.6 is 0 Å². The first-order valence-electron chi connectivity index (χ1n) is 16.3. The number of nitrogen functional groups attached to an aromatic ring is 1. The van der Waals surface area contributed by atoms with Gasteiger partial charge in [-0.2, -0.15) is 0 Å². The Morgan fingerprint density at radius 3 is 1.92 bits per heavy atom. The lowest BCUT2D eigenvalue weighted by molar-refractivity contribution is -0.122. The van der Waals surface area contributed by atoms with Crippen LogP contribution in [0.3, 0.4) is 0 Å². The van der Waals surface area contributed by atoms with E-state index in [1.54, 1.807) is 18.3 Å². The van der Waals surface area contributed by atoms with E-state index in [1.165, 1.54) is 0 Å². The molecule has 1 heterocycles. The Morgan fingerprint density at radius 1 is 0.708 bits per heavy atom. The van der Waals surface area contributed by atoms with Gasteiger partial charge in [-0.25, -0.2) is 4.98 Å². The number of nitrogens with zero attached hydrogens (tertiary/aromatic N) is 1. The maximum Gasteiger partial charge on any atom is 0.232 e. The van der Waals surface area contributed by atoms with Crippen molar-refractivity contribution >= 4 is 17.6 Å². The minimum atomic E-state index is -0.676. The molecule has 0 bridgehead atoms. The number of anilines is 1. The van der Waals surface area contributed by atoms with Crippen LogP contribution in [0.5, 0.6) is 0 Å². The zero-order valence-electron chi connectivity index (χ0n) is 27.2. The first kappa shape index (κ1) is 34.0. The minimum absolute atomic E-state index is 0.0514. The van der Waals surface area contributed by atoms with Gasteiger partial charge in [0.25, 0.3) is 0 Å². The van der Waals surface area contributed by atoms with E-state index in [1.807, 2.05) is 103 Å². The van der Waals surface area contributed by atoms with Crippen molar-refractivity contribution in [1.29, 1.82) is 0 Å². The molecule has 0 spiro atoms. The summed E-state index contributed by atoms with van der Waals surface area (Å²) in [6.45, 7) is 3.29. The average Bonchev–Trinajstić information content (AvgIpc) is 3.11. The Balaban J connectivity index is 1.06. The lowest BCUT2D eigenvalue weighted by Gasteiger charge is -2.18. The number of nitrogens with two attached hydrogens (primary N) is 1. The molecule has 0 radical (unpaired) electrons. The second-order valence-electron chi connectivity index (χ2n) is 12.1. The van der Waals surface area contributed by atoms with Crippen LogP contribution in [0.1, 0.15) is 57.9 Å². The third-order valence-electron chi connectivity index (χ3n) is 8.26. The summed E-state index contributed by atoms with van der Waals surface area (Å²) >= 11 is 0. The third-order valence-corrected chi connectivity index (χ3v) is 8.26. The molecular formula is C40H43N5O3. The molecule has 0 aliphatic carbocycles. The van der Waals surface area contributed by atoms with E-state index in [0.29, 0.717) is 31.0 Å². The highest BCUT2D eigenvalue weighted by molar-refractivity contribution is 5.87. The molecule has 0 unspecified atom stereocenters. The smallest absolute Gasteiger partial charge is 0.232 e. The van der Waals surface area contributed by atoms with Gasteiger partial charge in [0.15, 0.2) is 0 Å². The second-order valence-corrected chi connectivity index (χ2v) is 12.1.